The summed E-state index contributed by atoms with van der Waals surface area (Å²) in [6, 6.07) is 0. The standard InChI is InChI=1S/C7H7N3OS/c11-5(6-8-1-2-9-6)7-10-3-4-12-7/h1-5,11H,(H,8,9). The molecule has 0 saturated heterocycles. The zero-order valence-electron chi connectivity index (χ0n) is 6.14. The third kappa shape index (κ3) is 1.24. The summed E-state index contributed by atoms with van der Waals surface area (Å²) in [5.74, 6) is 0.532. The molecule has 2 N–H and O–H groups in total. The summed E-state index contributed by atoms with van der Waals surface area (Å²) < 4.78 is 0. The lowest BCUT2D eigenvalue weighted by molar-refractivity contribution is 0.210. The van der Waals surface area contributed by atoms with Crippen LogP contribution in [0.1, 0.15) is 16.9 Å². The molecule has 1 unspecified atom stereocenters. The zero-order chi connectivity index (χ0) is 8.39. The molecule has 0 radical (unpaired) electrons. The van der Waals surface area contributed by atoms with Gasteiger partial charge in [0.1, 0.15) is 10.8 Å². The molecule has 0 aliphatic carbocycles. The van der Waals surface area contributed by atoms with Gasteiger partial charge in [-0.05, 0) is 0 Å². The van der Waals surface area contributed by atoms with E-state index in [1.165, 1.54) is 11.3 Å². The normalized spacial score (nSPS) is 13.1. The first kappa shape index (κ1) is 7.45. The minimum atomic E-state index is -0.722. The predicted octanol–water partition coefficient (Wildman–Crippen LogP) is 0.948. The molecule has 62 valence electrons. The lowest BCUT2D eigenvalue weighted by Gasteiger charge is -2.01. The van der Waals surface area contributed by atoms with Crippen LogP contribution in [-0.4, -0.2) is 20.1 Å². The molecule has 12 heavy (non-hydrogen) atoms. The van der Waals surface area contributed by atoms with Crippen LogP contribution >= 0.6 is 11.3 Å². The smallest absolute Gasteiger partial charge is 0.163 e. The Bertz CT molecular complexity index is 295. The van der Waals surface area contributed by atoms with Crippen LogP contribution in [0.3, 0.4) is 0 Å². The number of hydrogen-bond acceptors (Lipinski definition) is 4. The predicted molar refractivity (Wildman–Crippen MR) is 44.8 cm³/mol. The van der Waals surface area contributed by atoms with Crippen LogP contribution in [0.15, 0.2) is 24.0 Å². The van der Waals surface area contributed by atoms with Crippen molar-refractivity contribution in [3.05, 3.63) is 34.8 Å². The summed E-state index contributed by atoms with van der Waals surface area (Å²) in [7, 11) is 0. The number of hydrogen-bond donors (Lipinski definition) is 2. The van der Waals surface area contributed by atoms with Crippen molar-refractivity contribution in [3.8, 4) is 0 Å². The zero-order valence-corrected chi connectivity index (χ0v) is 6.95. The van der Waals surface area contributed by atoms with E-state index in [1.807, 2.05) is 5.38 Å². The number of aromatic nitrogens is 3. The quantitative estimate of drug-likeness (QED) is 0.725. The fraction of sp³-hybridized carbons (Fsp3) is 0.143. The second kappa shape index (κ2) is 3.04. The fourth-order valence-corrected chi connectivity index (χ4v) is 1.54. The van der Waals surface area contributed by atoms with Gasteiger partial charge in [-0.2, -0.15) is 0 Å². The van der Waals surface area contributed by atoms with E-state index in [4.69, 9.17) is 0 Å². The van der Waals surface area contributed by atoms with Crippen LogP contribution in [0.4, 0.5) is 0 Å². The molecule has 0 fully saturated rings. The Labute approximate surface area is 72.9 Å². The second-order valence-corrected chi connectivity index (χ2v) is 3.17. The summed E-state index contributed by atoms with van der Waals surface area (Å²) in [6.45, 7) is 0. The van der Waals surface area contributed by atoms with Crippen LogP contribution in [0.2, 0.25) is 0 Å². The third-order valence-electron chi connectivity index (χ3n) is 1.46. The molecule has 2 aromatic rings. The summed E-state index contributed by atoms with van der Waals surface area (Å²) in [5.41, 5.74) is 0. The molecule has 0 spiro atoms. The highest BCUT2D eigenvalue weighted by atomic mass is 32.1. The first-order valence-corrected chi connectivity index (χ1v) is 4.32. The first-order valence-electron chi connectivity index (χ1n) is 3.44. The number of H-pyrrole nitrogens is 1. The van der Waals surface area contributed by atoms with Crippen molar-refractivity contribution in [1.29, 1.82) is 0 Å². The van der Waals surface area contributed by atoms with Crippen molar-refractivity contribution in [2.75, 3.05) is 0 Å². The molecule has 2 rings (SSSR count). The van der Waals surface area contributed by atoms with Gasteiger partial charge in [-0.3, -0.25) is 0 Å². The maximum absolute atomic E-state index is 9.62. The van der Waals surface area contributed by atoms with E-state index in [2.05, 4.69) is 15.0 Å². The molecule has 5 heteroatoms. The summed E-state index contributed by atoms with van der Waals surface area (Å²) >= 11 is 1.41. The molecule has 0 aliphatic rings. The molecule has 4 nitrogen and oxygen atoms in total. The van der Waals surface area contributed by atoms with Gasteiger partial charge in [0.2, 0.25) is 0 Å². The Hall–Kier alpha value is -1.20. The molecular weight excluding hydrogens is 174 g/mol. The lowest BCUT2D eigenvalue weighted by atomic mass is 10.3. The van der Waals surface area contributed by atoms with Gasteiger partial charge in [0.25, 0.3) is 0 Å². The number of imidazole rings is 1. The number of aliphatic hydroxyl groups excluding tert-OH is 1. The van der Waals surface area contributed by atoms with Crippen LogP contribution in [0.25, 0.3) is 0 Å². The lowest BCUT2D eigenvalue weighted by Crippen LogP contribution is -2.00. The molecule has 2 heterocycles. The van der Waals surface area contributed by atoms with E-state index in [0.717, 1.165) is 0 Å². The first-order chi connectivity index (χ1) is 5.88. The molecule has 2 aromatic heterocycles. The Morgan fingerprint density at radius 3 is 2.92 bits per heavy atom. The average molecular weight is 181 g/mol. The second-order valence-electron chi connectivity index (χ2n) is 2.25. The third-order valence-corrected chi connectivity index (χ3v) is 2.29. The van der Waals surface area contributed by atoms with Crippen molar-refractivity contribution >= 4 is 11.3 Å². The Balaban J connectivity index is 2.27. The molecule has 1 atom stereocenters. The van der Waals surface area contributed by atoms with Crippen LogP contribution < -0.4 is 0 Å². The van der Waals surface area contributed by atoms with Gasteiger partial charge in [-0.1, -0.05) is 0 Å². The van der Waals surface area contributed by atoms with E-state index in [0.29, 0.717) is 10.8 Å². The monoisotopic (exact) mass is 181 g/mol. The summed E-state index contributed by atoms with van der Waals surface area (Å²) in [4.78, 5) is 10.7. The Morgan fingerprint density at radius 2 is 2.33 bits per heavy atom. The van der Waals surface area contributed by atoms with Crippen molar-refractivity contribution in [2.24, 2.45) is 0 Å². The Morgan fingerprint density at radius 1 is 1.42 bits per heavy atom. The van der Waals surface area contributed by atoms with Crippen molar-refractivity contribution in [2.45, 2.75) is 6.10 Å². The van der Waals surface area contributed by atoms with Gasteiger partial charge >= 0.3 is 0 Å². The van der Waals surface area contributed by atoms with Gasteiger partial charge in [-0.25, -0.2) is 9.97 Å². The van der Waals surface area contributed by atoms with E-state index in [1.54, 1.807) is 18.6 Å². The molecule has 0 bridgehead atoms. The summed E-state index contributed by atoms with van der Waals surface area (Å²) in [6.07, 6.45) is 4.21. The maximum Gasteiger partial charge on any atom is 0.163 e. The number of aromatic amines is 1. The van der Waals surface area contributed by atoms with Gasteiger partial charge in [0, 0.05) is 24.0 Å². The van der Waals surface area contributed by atoms with Crippen molar-refractivity contribution in [1.82, 2.24) is 15.0 Å². The Kier molecular flexibility index (Phi) is 1.89. The molecule has 0 saturated carbocycles. The van der Waals surface area contributed by atoms with Gasteiger partial charge in [-0.15, -0.1) is 11.3 Å². The van der Waals surface area contributed by atoms with Crippen LogP contribution in [0.5, 0.6) is 0 Å². The molecule has 0 aromatic carbocycles. The minimum absolute atomic E-state index is 0.532. The fourth-order valence-electron chi connectivity index (χ4n) is 0.913. The number of aliphatic hydroxyl groups is 1. The number of nitrogens with one attached hydrogen (secondary N) is 1. The van der Waals surface area contributed by atoms with Crippen LogP contribution in [-0.2, 0) is 0 Å². The highest BCUT2D eigenvalue weighted by molar-refractivity contribution is 7.09. The highest BCUT2D eigenvalue weighted by Crippen LogP contribution is 2.19. The van der Waals surface area contributed by atoms with Gasteiger partial charge in [0.15, 0.2) is 6.10 Å². The highest BCUT2D eigenvalue weighted by Gasteiger charge is 2.14. The minimum Gasteiger partial charge on any atom is -0.378 e. The molecule has 0 aliphatic heterocycles. The van der Waals surface area contributed by atoms with Crippen molar-refractivity contribution < 1.29 is 5.11 Å². The average Bonchev–Trinajstić information content (AvgIpc) is 2.77. The number of rotatable bonds is 2. The summed E-state index contributed by atoms with van der Waals surface area (Å²) in [5, 5.41) is 12.1. The van der Waals surface area contributed by atoms with E-state index in [-0.39, 0.29) is 0 Å². The number of nitrogens with zero attached hydrogens (tertiary/aromatic N) is 2. The van der Waals surface area contributed by atoms with E-state index < -0.39 is 6.10 Å². The molecule has 0 amide bonds. The van der Waals surface area contributed by atoms with Crippen LogP contribution in [0, 0.1) is 0 Å². The van der Waals surface area contributed by atoms with Crippen molar-refractivity contribution in [3.63, 3.8) is 0 Å². The molecular formula is C7H7N3OS. The SMILES string of the molecule is OC(c1ncc[nH]1)c1nccs1. The van der Waals surface area contributed by atoms with E-state index in [9.17, 15) is 5.11 Å². The van der Waals surface area contributed by atoms with E-state index >= 15 is 0 Å². The van der Waals surface area contributed by atoms with Gasteiger partial charge in [0.05, 0.1) is 0 Å². The van der Waals surface area contributed by atoms with Gasteiger partial charge < -0.3 is 10.1 Å². The topological polar surface area (TPSA) is 61.8 Å². The largest absolute Gasteiger partial charge is 0.378 e. The maximum atomic E-state index is 9.62. The number of thiazole rings is 1.